The van der Waals surface area contributed by atoms with Crippen LogP contribution in [0.1, 0.15) is 16.1 Å². The molecule has 1 aliphatic carbocycles. The number of para-hydroxylation sites is 1. The van der Waals surface area contributed by atoms with Gasteiger partial charge in [-0.1, -0.05) is 18.2 Å². The van der Waals surface area contributed by atoms with Gasteiger partial charge in [0.2, 0.25) is 5.91 Å². The number of rotatable bonds is 7. The molecule has 1 unspecified atom stereocenters. The highest BCUT2D eigenvalue weighted by molar-refractivity contribution is 6.03. The van der Waals surface area contributed by atoms with Gasteiger partial charge in [-0.05, 0) is 24.6 Å². The Labute approximate surface area is 144 Å². The Bertz CT molecular complexity index is 915. The fraction of sp³-hybridized carbons (Fsp3) is 0.278. The van der Waals surface area contributed by atoms with Crippen molar-refractivity contribution in [1.82, 2.24) is 20.3 Å². The van der Waals surface area contributed by atoms with Crippen molar-refractivity contribution in [1.29, 1.82) is 0 Å². The van der Waals surface area contributed by atoms with E-state index in [0.29, 0.717) is 12.2 Å². The fourth-order valence-corrected chi connectivity index (χ4v) is 3.53. The summed E-state index contributed by atoms with van der Waals surface area (Å²) in [5.41, 5.74) is 8.17. The van der Waals surface area contributed by atoms with E-state index in [0.717, 1.165) is 11.9 Å². The first-order valence-electron chi connectivity index (χ1n) is 8.27. The second-order valence-corrected chi connectivity index (χ2v) is 6.37. The SMILES string of the molecule is NC(=O)[C@H]1C(NCCc2c[nH]c3ccccc23)[C@H]1C(=O)c1cnc[nH]1. The molecule has 2 aromatic heterocycles. The standard InChI is InChI=1S/C18H19N5O2/c19-18(25)15-14(17(24)13-8-20-9-23-13)16(15)21-6-5-10-7-22-12-4-2-1-3-11(10)12/h1-4,7-9,14-16,21-22H,5-6H2,(H2,19,25)(H,20,23)/t14-,15+,16?/m0/s1. The maximum atomic E-state index is 12.4. The summed E-state index contributed by atoms with van der Waals surface area (Å²) in [6, 6.07) is 7.91. The van der Waals surface area contributed by atoms with Gasteiger partial charge in [0, 0.05) is 23.1 Å². The third-order valence-corrected chi connectivity index (χ3v) is 4.86. The number of hydrogen-bond donors (Lipinski definition) is 4. The zero-order valence-electron chi connectivity index (χ0n) is 13.5. The molecule has 0 radical (unpaired) electrons. The smallest absolute Gasteiger partial charge is 0.222 e. The number of aromatic amines is 2. The number of primary amides is 1. The normalized spacial score (nSPS) is 22.2. The number of benzene rings is 1. The number of imidazole rings is 1. The number of nitrogens with zero attached hydrogens (tertiary/aromatic N) is 1. The molecule has 3 atom stereocenters. The largest absolute Gasteiger partial charge is 0.369 e. The van der Waals surface area contributed by atoms with Crippen molar-refractivity contribution in [2.75, 3.05) is 6.54 Å². The molecule has 1 amide bonds. The Morgan fingerprint density at radius 1 is 1.20 bits per heavy atom. The third kappa shape index (κ3) is 2.83. The van der Waals surface area contributed by atoms with Gasteiger partial charge in [-0.2, -0.15) is 0 Å². The number of nitrogens with two attached hydrogens (primary N) is 1. The van der Waals surface area contributed by atoms with E-state index in [2.05, 4.69) is 26.3 Å². The highest BCUT2D eigenvalue weighted by atomic mass is 16.2. The Kier molecular flexibility index (Phi) is 3.85. The number of hydrogen-bond acceptors (Lipinski definition) is 4. The minimum absolute atomic E-state index is 0.120. The molecule has 7 nitrogen and oxygen atoms in total. The van der Waals surface area contributed by atoms with Gasteiger partial charge in [0.1, 0.15) is 5.69 Å². The first kappa shape index (κ1) is 15.6. The molecule has 1 aromatic carbocycles. The number of amides is 1. The molecule has 7 heteroatoms. The maximum Gasteiger partial charge on any atom is 0.222 e. The molecule has 0 bridgehead atoms. The Balaban J connectivity index is 1.40. The molecular formula is C18H19N5O2. The van der Waals surface area contributed by atoms with Crippen LogP contribution in [0.25, 0.3) is 10.9 Å². The topological polar surface area (TPSA) is 117 Å². The number of H-pyrrole nitrogens is 2. The first-order valence-corrected chi connectivity index (χ1v) is 8.27. The number of carbonyl (C=O) groups is 2. The second-order valence-electron chi connectivity index (χ2n) is 6.37. The summed E-state index contributed by atoms with van der Waals surface area (Å²) in [6.45, 7) is 0.670. The average Bonchev–Trinajstić information content (AvgIpc) is 2.97. The van der Waals surface area contributed by atoms with Crippen LogP contribution in [0.3, 0.4) is 0 Å². The van der Waals surface area contributed by atoms with Crippen molar-refractivity contribution >= 4 is 22.6 Å². The van der Waals surface area contributed by atoms with Crippen LogP contribution in [0, 0.1) is 11.8 Å². The zero-order chi connectivity index (χ0) is 17.4. The highest BCUT2D eigenvalue weighted by Crippen LogP contribution is 2.41. The number of ketones is 1. The average molecular weight is 337 g/mol. The minimum Gasteiger partial charge on any atom is -0.369 e. The molecule has 1 saturated carbocycles. The molecule has 2 heterocycles. The summed E-state index contributed by atoms with van der Waals surface area (Å²) in [5, 5.41) is 4.51. The van der Waals surface area contributed by atoms with Gasteiger partial charge in [0.25, 0.3) is 0 Å². The van der Waals surface area contributed by atoms with Crippen molar-refractivity contribution in [3.05, 3.63) is 54.2 Å². The Morgan fingerprint density at radius 2 is 2.04 bits per heavy atom. The predicted octanol–water partition coefficient (Wildman–Crippen LogP) is 1.01. The molecular weight excluding hydrogens is 318 g/mol. The molecule has 4 rings (SSSR count). The lowest BCUT2D eigenvalue weighted by Gasteiger charge is -2.03. The van der Waals surface area contributed by atoms with Crippen molar-refractivity contribution in [3.63, 3.8) is 0 Å². The number of Topliss-reactive ketones (excluding diaryl/α,β-unsaturated/α-hetero) is 1. The number of carbonyl (C=O) groups excluding carboxylic acids is 2. The van der Waals surface area contributed by atoms with Crippen LogP contribution in [0.5, 0.6) is 0 Å². The van der Waals surface area contributed by atoms with Gasteiger partial charge in [0.15, 0.2) is 5.78 Å². The summed E-state index contributed by atoms with van der Waals surface area (Å²) < 4.78 is 0. The molecule has 1 fully saturated rings. The fourth-order valence-electron chi connectivity index (χ4n) is 3.53. The van der Waals surface area contributed by atoms with Crippen LogP contribution in [0.4, 0.5) is 0 Å². The molecule has 1 aliphatic rings. The van der Waals surface area contributed by atoms with Crippen molar-refractivity contribution in [2.24, 2.45) is 17.6 Å². The number of fused-ring (bicyclic) bond motifs is 1. The lowest BCUT2D eigenvalue weighted by molar-refractivity contribution is -0.119. The summed E-state index contributed by atoms with van der Waals surface area (Å²) in [6.07, 6.45) is 5.73. The maximum absolute atomic E-state index is 12.4. The van der Waals surface area contributed by atoms with Gasteiger partial charge >= 0.3 is 0 Å². The minimum atomic E-state index is -0.459. The van der Waals surface area contributed by atoms with Crippen LogP contribution in [-0.2, 0) is 11.2 Å². The lowest BCUT2D eigenvalue weighted by Crippen LogP contribution is -2.26. The predicted molar refractivity (Wildman–Crippen MR) is 92.9 cm³/mol. The second kappa shape index (κ2) is 6.18. The van der Waals surface area contributed by atoms with Crippen LogP contribution in [-0.4, -0.2) is 39.2 Å². The van der Waals surface area contributed by atoms with E-state index in [1.165, 1.54) is 23.5 Å². The van der Waals surface area contributed by atoms with Gasteiger partial charge in [-0.25, -0.2) is 4.98 Å². The van der Waals surface area contributed by atoms with E-state index >= 15 is 0 Å². The van der Waals surface area contributed by atoms with E-state index < -0.39 is 17.7 Å². The van der Waals surface area contributed by atoms with Crippen LogP contribution >= 0.6 is 0 Å². The van der Waals surface area contributed by atoms with Crippen LogP contribution in [0.15, 0.2) is 43.0 Å². The molecule has 5 N–H and O–H groups in total. The molecule has 3 aromatic rings. The van der Waals surface area contributed by atoms with Crippen molar-refractivity contribution < 1.29 is 9.59 Å². The summed E-state index contributed by atoms with van der Waals surface area (Å²) >= 11 is 0. The molecule has 0 spiro atoms. The molecule has 0 saturated heterocycles. The van der Waals surface area contributed by atoms with E-state index in [1.54, 1.807) is 0 Å². The Morgan fingerprint density at radius 3 is 2.80 bits per heavy atom. The van der Waals surface area contributed by atoms with Gasteiger partial charge in [-0.15, -0.1) is 0 Å². The monoisotopic (exact) mass is 337 g/mol. The van der Waals surface area contributed by atoms with Crippen LogP contribution < -0.4 is 11.1 Å². The Hall–Kier alpha value is -2.93. The molecule has 25 heavy (non-hydrogen) atoms. The zero-order valence-corrected chi connectivity index (χ0v) is 13.5. The van der Waals surface area contributed by atoms with Crippen LogP contribution in [0.2, 0.25) is 0 Å². The number of aromatic nitrogens is 3. The van der Waals surface area contributed by atoms with Gasteiger partial charge < -0.3 is 21.0 Å². The molecule has 0 aliphatic heterocycles. The third-order valence-electron chi connectivity index (χ3n) is 4.86. The quantitative estimate of drug-likeness (QED) is 0.481. The summed E-state index contributed by atoms with van der Waals surface area (Å²) in [4.78, 5) is 34.0. The van der Waals surface area contributed by atoms with Gasteiger partial charge in [-0.3, -0.25) is 9.59 Å². The number of nitrogens with one attached hydrogen (secondary N) is 3. The van der Waals surface area contributed by atoms with Gasteiger partial charge in [0.05, 0.1) is 24.4 Å². The van der Waals surface area contributed by atoms with Crippen molar-refractivity contribution in [2.45, 2.75) is 12.5 Å². The lowest BCUT2D eigenvalue weighted by atomic mass is 10.1. The first-order chi connectivity index (χ1) is 12.2. The highest BCUT2D eigenvalue weighted by Gasteiger charge is 2.58. The van der Waals surface area contributed by atoms with E-state index in [4.69, 9.17) is 5.73 Å². The van der Waals surface area contributed by atoms with E-state index in [1.807, 2.05) is 24.4 Å². The van der Waals surface area contributed by atoms with E-state index in [9.17, 15) is 9.59 Å². The summed E-state index contributed by atoms with van der Waals surface area (Å²) in [7, 11) is 0. The molecule has 128 valence electrons. The summed E-state index contributed by atoms with van der Waals surface area (Å²) in [5.74, 6) is -1.44. The van der Waals surface area contributed by atoms with E-state index in [-0.39, 0.29) is 11.8 Å². The van der Waals surface area contributed by atoms with Crippen molar-refractivity contribution in [3.8, 4) is 0 Å².